The number of aryl methyl sites for hydroxylation is 2. The molecule has 0 saturated heterocycles. The van der Waals surface area contributed by atoms with E-state index >= 15 is 0 Å². The van der Waals surface area contributed by atoms with E-state index in [-0.39, 0.29) is 0 Å². The van der Waals surface area contributed by atoms with Crippen LogP contribution < -0.4 is 5.73 Å². The monoisotopic (exact) mass is 164 g/mol. The van der Waals surface area contributed by atoms with E-state index in [0.717, 1.165) is 11.1 Å². The Morgan fingerprint density at radius 2 is 2.00 bits per heavy atom. The van der Waals surface area contributed by atoms with Crippen molar-refractivity contribution in [3.05, 3.63) is 28.5 Å². The topological polar surface area (TPSA) is 52.1 Å². The fourth-order valence-corrected chi connectivity index (χ4v) is 1.16. The van der Waals surface area contributed by atoms with Gasteiger partial charge in [-0.1, -0.05) is 6.07 Å². The number of nitrogens with zero attached hydrogens (tertiary/aromatic N) is 1. The van der Waals surface area contributed by atoms with Gasteiger partial charge in [0.05, 0.1) is 0 Å². The van der Waals surface area contributed by atoms with Crippen molar-refractivity contribution >= 4 is 18.1 Å². The Labute approximate surface area is 71.7 Å². The zero-order valence-corrected chi connectivity index (χ0v) is 7.29. The highest BCUT2D eigenvalue weighted by Gasteiger charge is 2.08. The smallest absolute Gasteiger partial charge is 0.239 e. The summed E-state index contributed by atoms with van der Waals surface area (Å²) in [5.41, 5.74) is 8.54. The molecular weight excluding hydrogens is 152 g/mol. The molecule has 0 unspecified atom stereocenters. The molecule has 1 rings (SSSR count). The molecular formula is C9H12N2O. The van der Waals surface area contributed by atoms with Crippen molar-refractivity contribution in [2.45, 2.75) is 13.8 Å². The lowest BCUT2D eigenvalue weighted by atomic mass is 10.1. The fourth-order valence-electron chi connectivity index (χ4n) is 1.16. The zero-order chi connectivity index (χ0) is 9.30. The molecule has 0 atom stereocenters. The number of hydrogen-bond donors (Lipinski definition) is 1. The first-order chi connectivity index (χ1) is 5.52. The molecule has 1 aromatic rings. The number of nitrogens with two attached hydrogens (primary N) is 1. The summed E-state index contributed by atoms with van der Waals surface area (Å²) in [5.74, 6) is 0. The summed E-state index contributed by atoms with van der Waals surface area (Å²) in [5, 5.41) is 10.9. The Morgan fingerprint density at radius 3 is 2.50 bits per heavy atom. The van der Waals surface area contributed by atoms with Crippen LogP contribution in [0.5, 0.6) is 0 Å². The van der Waals surface area contributed by atoms with Crippen molar-refractivity contribution in [1.82, 2.24) is 0 Å². The van der Waals surface area contributed by atoms with Crippen molar-refractivity contribution in [1.29, 1.82) is 0 Å². The van der Waals surface area contributed by atoms with Gasteiger partial charge in [-0.3, -0.25) is 0 Å². The summed E-state index contributed by atoms with van der Waals surface area (Å²) in [6.45, 7) is 7.04. The van der Waals surface area contributed by atoms with Crippen LogP contribution in [0, 0.1) is 19.1 Å². The average Bonchev–Trinajstić information content (AvgIpc) is 1.96. The number of benzene rings is 1. The first kappa shape index (κ1) is 8.59. The molecule has 0 radical (unpaired) electrons. The predicted molar refractivity (Wildman–Crippen MR) is 50.7 cm³/mol. The van der Waals surface area contributed by atoms with Gasteiger partial charge in [0, 0.05) is 6.07 Å². The lowest BCUT2D eigenvalue weighted by molar-refractivity contribution is -0.348. The summed E-state index contributed by atoms with van der Waals surface area (Å²) in [6.07, 6.45) is 0. The van der Waals surface area contributed by atoms with E-state index in [0.29, 0.717) is 16.1 Å². The molecule has 0 heterocycles. The minimum Gasteiger partial charge on any atom is -0.619 e. The van der Waals surface area contributed by atoms with Gasteiger partial charge >= 0.3 is 0 Å². The van der Waals surface area contributed by atoms with Gasteiger partial charge in [0.1, 0.15) is 12.4 Å². The van der Waals surface area contributed by atoms with Crippen LogP contribution in [0.2, 0.25) is 0 Å². The first-order valence-electron chi connectivity index (χ1n) is 3.67. The van der Waals surface area contributed by atoms with Crippen LogP contribution in [-0.4, -0.2) is 11.5 Å². The maximum Gasteiger partial charge on any atom is 0.239 e. The summed E-state index contributed by atoms with van der Waals surface area (Å²) >= 11 is 0. The van der Waals surface area contributed by atoms with Crippen LogP contribution in [0.15, 0.2) is 12.1 Å². The van der Waals surface area contributed by atoms with E-state index in [1.165, 1.54) is 0 Å². The van der Waals surface area contributed by atoms with Crippen LogP contribution >= 0.6 is 0 Å². The second kappa shape index (κ2) is 2.85. The molecule has 64 valence electrons. The number of hydrogen-bond acceptors (Lipinski definition) is 2. The van der Waals surface area contributed by atoms with E-state index < -0.39 is 0 Å². The molecule has 3 heteroatoms. The van der Waals surface area contributed by atoms with Gasteiger partial charge in [0.2, 0.25) is 5.69 Å². The highest BCUT2D eigenvalue weighted by atomic mass is 16.5. The highest BCUT2D eigenvalue weighted by molar-refractivity contribution is 5.64. The van der Waals surface area contributed by atoms with Crippen LogP contribution in [0.25, 0.3) is 0 Å². The fraction of sp³-hybridized carbons (Fsp3) is 0.222. The van der Waals surface area contributed by atoms with Gasteiger partial charge in [0.25, 0.3) is 0 Å². The zero-order valence-electron chi connectivity index (χ0n) is 7.29. The normalized spacial score (nSPS) is 9.83. The van der Waals surface area contributed by atoms with Gasteiger partial charge in [-0.15, -0.1) is 0 Å². The summed E-state index contributed by atoms with van der Waals surface area (Å²) < 4.78 is 0.537. The third kappa shape index (κ3) is 1.39. The van der Waals surface area contributed by atoms with Gasteiger partial charge in [0.15, 0.2) is 0 Å². The van der Waals surface area contributed by atoms with E-state index in [4.69, 9.17) is 5.73 Å². The standard InChI is InChI=1S/C9H12N2O/c1-6-4-7(2)9(10)8(5-6)11(3)12/h4-5H,3,10H2,1-2H3. The van der Waals surface area contributed by atoms with E-state index in [1.54, 1.807) is 6.07 Å². The Hall–Kier alpha value is -1.51. The van der Waals surface area contributed by atoms with Crippen LogP contribution in [0.3, 0.4) is 0 Å². The Kier molecular flexibility index (Phi) is 2.04. The second-order valence-corrected chi connectivity index (χ2v) is 2.89. The van der Waals surface area contributed by atoms with E-state index in [1.807, 2.05) is 19.9 Å². The first-order valence-corrected chi connectivity index (χ1v) is 3.67. The van der Waals surface area contributed by atoms with Gasteiger partial charge in [-0.25, -0.2) is 0 Å². The minimum atomic E-state index is 0.438. The molecule has 0 aliphatic rings. The molecule has 0 spiro atoms. The van der Waals surface area contributed by atoms with Crippen molar-refractivity contribution in [3.8, 4) is 0 Å². The Balaban J connectivity index is 3.37. The SMILES string of the molecule is C=[N+]([O-])c1cc(C)cc(C)c1N. The van der Waals surface area contributed by atoms with Crippen LogP contribution in [0.1, 0.15) is 11.1 Å². The summed E-state index contributed by atoms with van der Waals surface area (Å²) in [7, 11) is 0. The predicted octanol–water partition coefficient (Wildman–Crippen LogP) is 1.73. The van der Waals surface area contributed by atoms with Crippen molar-refractivity contribution in [2.24, 2.45) is 0 Å². The van der Waals surface area contributed by atoms with Crippen molar-refractivity contribution in [3.63, 3.8) is 0 Å². The number of nitrogen functional groups attached to an aromatic ring is 1. The van der Waals surface area contributed by atoms with Crippen molar-refractivity contribution < 1.29 is 4.74 Å². The summed E-state index contributed by atoms with van der Waals surface area (Å²) in [4.78, 5) is 0. The maximum absolute atomic E-state index is 10.9. The lowest BCUT2D eigenvalue weighted by Crippen LogP contribution is -1.99. The highest BCUT2D eigenvalue weighted by Crippen LogP contribution is 2.25. The lowest BCUT2D eigenvalue weighted by Gasteiger charge is -2.07. The molecule has 0 bridgehead atoms. The van der Waals surface area contributed by atoms with Crippen molar-refractivity contribution in [2.75, 3.05) is 5.73 Å². The summed E-state index contributed by atoms with van der Waals surface area (Å²) in [6, 6.07) is 3.66. The average molecular weight is 164 g/mol. The third-order valence-corrected chi connectivity index (χ3v) is 1.78. The van der Waals surface area contributed by atoms with Gasteiger partial charge < -0.3 is 10.9 Å². The molecule has 0 saturated carbocycles. The molecule has 12 heavy (non-hydrogen) atoms. The number of rotatable bonds is 1. The minimum absolute atomic E-state index is 0.438. The van der Waals surface area contributed by atoms with Crippen LogP contribution in [-0.2, 0) is 0 Å². The largest absolute Gasteiger partial charge is 0.619 e. The molecule has 2 N–H and O–H groups in total. The van der Waals surface area contributed by atoms with Gasteiger partial charge in [-0.05, 0) is 25.0 Å². The van der Waals surface area contributed by atoms with Gasteiger partial charge in [-0.2, -0.15) is 4.74 Å². The van der Waals surface area contributed by atoms with Crippen LogP contribution in [0.4, 0.5) is 11.4 Å². The molecule has 1 aromatic carbocycles. The molecule has 0 aliphatic heterocycles. The second-order valence-electron chi connectivity index (χ2n) is 2.89. The quantitative estimate of drug-likeness (QED) is 0.226. The molecule has 0 aromatic heterocycles. The van der Waals surface area contributed by atoms with E-state index in [2.05, 4.69) is 6.72 Å². The Bertz CT molecular complexity index is 332. The van der Waals surface area contributed by atoms with E-state index in [9.17, 15) is 5.21 Å². The Morgan fingerprint density at radius 1 is 1.42 bits per heavy atom. The molecule has 3 nitrogen and oxygen atoms in total. The molecule has 0 aliphatic carbocycles. The third-order valence-electron chi connectivity index (χ3n) is 1.78. The number of anilines is 1. The molecule has 0 amide bonds. The molecule has 0 fully saturated rings. The maximum atomic E-state index is 10.9.